The Balaban J connectivity index is 2.05. The zero-order valence-electron chi connectivity index (χ0n) is 17.5. The van der Waals surface area contributed by atoms with Crippen molar-refractivity contribution in [3.63, 3.8) is 0 Å². The molecule has 1 saturated heterocycles. The van der Waals surface area contributed by atoms with Crippen LogP contribution in [0.5, 0.6) is 11.5 Å². The van der Waals surface area contributed by atoms with Crippen molar-refractivity contribution in [2.75, 3.05) is 18.1 Å². The first-order chi connectivity index (χ1) is 15.6. The van der Waals surface area contributed by atoms with Crippen molar-refractivity contribution < 1.29 is 32.2 Å². The van der Waals surface area contributed by atoms with Crippen LogP contribution < -0.4 is 19.7 Å². The summed E-state index contributed by atoms with van der Waals surface area (Å²) in [7, 11) is 0. The first kappa shape index (κ1) is 24.7. The van der Waals surface area contributed by atoms with E-state index < -0.39 is 23.6 Å². The van der Waals surface area contributed by atoms with Gasteiger partial charge < -0.3 is 9.47 Å². The Morgan fingerprint density at radius 3 is 2.33 bits per heavy atom. The highest BCUT2D eigenvalue weighted by atomic mass is 79.9. The second-order valence-electron chi connectivity index (χ2n) is 6.69. The lowest BCUT2D eigenvalue weighted by Gasteiger charge is -2.29. The van der Waals surface area contributed by atoms with Crippen molar-refractivity contribution in [1.82, 2.24) is 5.32 Å². The van der Waals surface area contributed by atoms with Gasteiger partial charge in [-0.25, -0.2) is 0 Å². The molecule has 0 unspecified atom stereocenters. The fraction of sp³-hybridized carbons (Fsp3) is 0.227. The van der Waals surface area contributed by atoms with E-state index in [9.17, 15) is 22.8 Å². The van der Waals surface area contributed by atoms with Crippen LogP contribution in [0.1, 0.15) is 25.0 Å². The highest BCUT2D eigenvalue weighted by Crippen LogP contribution is 2.36. The van der Waals surface area contributed by atoms with Gasteiger partial charge in [-0.2, -0.15) is 13.2 Å². The Kier molecular flexibility index (Phi) is 7.43. The molecule has 33 heavy (non-hydrogen) atoms. The van der Waals surface area contributed by atoms with Crippen LogP contribution >= 0.6 is 28.1 Å². The molecule has 1 N–H and O–H groups in total. The van der Waals surface area contributed by atoms with Crippen LogP contribution in [0.2, 0.25) is 0 Å². The van der Waals surface area contributed by atoms with Crippen molar-refractivity contribution in [1.29, 1.82) is 0 Å². The van der Waals surface area contributed by atoms with Crippen LogP contribution in [0.3, 0.4) is 0 Å². The zero-order valence-corrected chi connectivity index (χ0v) is 19.9. The third-order valence-corrected chi connectivity index (χ3v) is 5.47. The third kappa shape index (κ3) is 5.36. The van der Waals surface area contributed by atoms with E-state index in [1.165, 1.54) is 12.1 Å². The Hall–Kier alpha value is -2.92. The lowest BCUT2D eigenvalue weighted by atomic mass is 10.1. The molecule has 1 aliphatic heterocycles. The molecule has 6 nitrogen and oxygen atoms in total. The van der Waals surface area contributed by atoms with E-state index in [-0.39, 0.29) is 16.4 Å². The van der Waals surface area contributed by atoms with E-state index in [4.69, 9.17) is 21.7 Å². The number of alkyl halides is 3. The molecule has 1 fully saturated rings. The first-order valence-corrected chi connectivity index (χ1v) is 10.9. The molecule has 3 rings (SSSR count). The van der Waals surface area contributed by atoms with E-state index in [0.29, 0.717) is 34.7 Å². The lowest BCUT2D eigenvalue weighted by Crippen LogP contribution is -2.54. The number of nitrogens with one attached hydrogen (secondary N) is 1. The number of thiocarbonyl (C=S) groups is 1. The van der Waals surface area contributed by atoms with Gasteiger partial charge in [-0.3, -0.25) is 19.8 Å². The molecule has 0 radical (unpaired) electrons. The standard InChI is InChI=1S/C22H18BrF3N2O4S/c1-3-31-17-9-12(16(23)11-18(17)32-4-2)8-15-19(29)27-21(33)28(20(15)30)14-7-5-6-13(10-14)22(24,25)26/h5-11H,3-4H2,1-2H3,(H,27,29,33)/b15-8+. The van der Waals surface area contributed by atoms with Gasteiger partial charge in [0, 0.05) is 4.47 Å². The Morgan fingerprint density at radius 1 is 1.09 bits per heavy atom. The number of rotatable bonds is 6. The van der Waals surface area contributed by atoms with Crippen molar-refractivity contribution in [3.8, 4) is 11.5 Å². The summed E-state index contributed by atoms with van der Waals surface area (Å²) < 4.78 is 51.1. The van der Waals surface area contributed by atoms with Crippen LogP contribution in [-0.2, 0) is 15.8 Å². The summed E-state index contributed by atoms with van der Waals surface area (Å²) in [6.45, 7) is 4.36. The van der Waals surface area contributed by atoms with Gasteiger partial charge in [-0.1, -0.05) is 22.0 Å². The monoisotopic (exact) mass is 542 g/mol. The van der Waals surface area contributed by atoms with Crippen LogP contribution in [0, 0.1) is 0 Å². The molecule has 174 valence electrons. The van der Waals surface area contributed by atoms with Crippen molar-refractivity contribution in [3.05, 3.63) is 57.6 Å². The molecular weight excluding hydrogens is 525 g/mol. The summed E-state index contributed by atoms with van der Waals surface area (Å²) >= 11 is 8.45. The number of carbonyl (C=O) groups is 2. The molecule has 0 aliphatic carbocycles. The van der Waals surface area contributed by atoms with Gasteiger partial charge in [0.2, 0.25) is 0 Å². The minimum Gasteiger partial charge on any atom is -0.490 e. The molecule has 11 heteroatoms. The molecule has 2 amide bonds. The molecule has 0 saturated carbocycles. The van der Waals surface area contributed by atoms with Crippen molar-refractivity contribution in [2.45, 2.75) is 20.0 Å². The number of hydrogen-bond acceptors (Lipinski definition) is 5. The van der Waals surface area contributed by atoms with Gasteiger partial charge in [0.25, 0.3) is 11.8 Å². The van der Waals surface area contributed by atoms with E-state index in [1.54, 1.807) is 19.1 Å². The maximum absolute atomic E-state index is 13.2. The molecule has 0 spiro atoms. The second-order valence-corrected chi connectivity index (χ2v) is 7.93. The van der Waals surface area contributed by atoms with Gasteiger partial charge in [0.1, 0.15) is 5.57 Å². The molecule has 2 aromatic rings. The summed E-state index contributed by atoms with van der Waals surface area (Å²) in [6, 6.07) is 7.36. The van der Waals surface area contributed by atoms with Crippen LogP contribution in [0.4, 0.5) is 18.9 Å². The van der Waals surface area contributed by atoms with Gasteiger partial charge in [0.15, 0.2) is 16.6 Å². The lowest BCUT2D eigenvalue weighted by molar-refractivity contribution is -0.137. The van der Waals surface area contributed by atoms with E-state index >= 15 is 0 Å². The summed E-state index contributed by atoms with van der Waals surface area (Å²) in [5.41, 5.74) is -0.953. The van der Waals surface area contributed by atoms with E-state index in [0.717, 1.165) is 23.1 Å². The van der Waals surface area contributed by atoms with E-state index in [1.807, 2.05) is 6.92 Å². The normalized spacial score (nSPS) is 15.6. The minimum absolute atomic E-state index is 0.119. The molecule has 0 atom stereocenters. The maximum atomic E-state index is 13.2. The predicted molar refractivity (Wildman–Crippen MR) is 124 cm³/mol. The Morgan fingerprint density at radius 2 is 1.73 bits per heavy atom. The number of carbonyl (C=O) groups excluding carboxylic acids is 2. The van der Waals surface area contributed by atoms with Crippen LogP contribution in [0.15, 0.2) is 46.4 Å². The molecule has 1 heterocycles. The Bertz CT molecular complexity index is 1150. The predicted octanol–water partition coefficient (Wildman–Crippen LogP) is 5.10. The maximum Gasteiger partial charge on any atom is 0.416 e. The average molecular weight is 543 g/mol. The third-order valence-electron chi connectivity index (χ3n) is 4.50. The second kappa shape index (κ2) is 9.92. The molecular formula is C22H18BrF3N2O4S. The number of amides is 2. The molecule has 0 aromatic heterocycles. The fourth-order valence-electron chi connectivity index (χ4n) is 3.07. The summed E-state index contributed by atoms with van der Waals surface area (Å²) in [6.07, 6.45) is -3.30. The topological polar surface area (TPSA) is 67.9 Å². The van der Waals surface area contributed by atoms with Gasteiger partial charge in [-0.05, 0) is 68.0 Å². The molecule has 0 bridgehead atoms. The van der Waals surface area contributed by atoms with Gasteiger partial charge in [0.05, 0.1) is 24.5 Å². The number of benzene rings is 2. The summed E-state index contributed by atoms with van der Waals surface area (Å²) in [5, 5.41) is 2.04. The van der Waals surface area contributed by atoms with Crippen LogP contribution in [0.25, 0.3) is 6.08 Å². The van der Waals surface area contributed by atoms with Gasteiger partial charge in [-0.15, -0.1) is 0 Å². The average Bonchev–Trinajstić information content (AvgIpc) is 2.73. The SMILES string of the molecule is CCOc1cc(Br)c(/C=C2\C(=O)NC(=S)N(c3cccc(C(F)(F)F)c3)C2=O)cc1OCC. The number of anilines is 1. The van der Waals surface area contributed by atoms with Crippen LogP contribution in [-0.4, -0.2) is 30.1 Å². The van der Waals surface area contributed by atoms with Crippen molar-refractivity contribution >= 4 is 56.8 Å². The fourth-order valence-corrected chi connectivity index (χ4v) is 3.78. The first-order valence-electron chi connectivity index (χ1n) is 9.74. The number of halogens is 4. The minimum atomic E-state index is -4.61. The van der Waals surface area contributed by atoms with Gasteiger partial charge >= 0.3 is 6.18 Å². The number of hydrogen-bond donors (Lipinski definition) is 1. The summed E-state index contributed by atoms with van der Waals surface area (Å²) in [4.78, 5) is 26.6. The number of ether oxygens (including phenoxy) is 2. The number of nitrogens with zero attached hydrogens (tertiary/aromatic N) is 1. The largest absolute Gasteiger partial charge is 0.490 e. The van der Waals surface area contributed by atoms with Crippen molar-refractivity contribution in [2.24, 2.45) is 0 Å². The Labute approximate surface area is 201 Å². The highest BCUT2D eigenvalue weighted by molar-refractivity contribution is 9.10. The highest BCUT2D eigenvalue weighted by Gasteiger charge is 2.36. The molecule has 1 aliphatic rings. The summed E-state index contributed by atoms with van der Waals surface area (Å²) in [5.74, 6) is -0.753. The molecule has 2 aromatic carbocycles. The zero-order chi connectivity index (χ0) is 24.3. The van der Waals surface area contributed by atoms with E-state index in [2.05, 4.69) is 21.2 Å². The quantitative estimate of drug-likeness (QED) is 0.312. The smallest absolute Gasteiger partial charge is 0.416 e.